The number of rotatable bonds is 1. The predicted octanol–water partition coefficient (Wildman–Crippen LogP) is 3.95. The molecule has 0 bridgehead atoms. The van der Waals surface area contributed by atoms with Crippen LogP contribution in [0.15, 0.2) is 66.7 Å². The highest BCUT2D eigenvalue weighted by molar-refractivity contribution is 7.60. The van der Waals surface area contributed by atoms with E-state index < -0.39 is 7.60 Å². The van der Waals surface area contributed by atoms with E-state index in [-0.39, 0.29) is 5.30 Å². The molecule has 0 radical (unpaired) electrons. The lowest BCUT2D eigenvalue weighted by Crippen LogP contribution is -2.04. The summed E-state index contributed by atoms with van der Waals surface area (Å²) in [5.74, 6) is 0. The third kappa shape index (κ3) is 2.11. The SMILES string of the molecule is O=P(O)(O)c1cccc2cc3cc4ccccc4cc3cc12. The quantitative estimate of drug-likeness (QED) is 0.413. The van der Waals surface area contributed by atoms with Crippen molar-refractivity contribution >= 4 is 45.2 Å². The van der Waals surface area contributed by atoms with Crippen molar-refractivity contribution in [3.05, 3.63) is 66.7 Å². The van der Waals surface area contributed by atoms with E-state index in [1.54, 1.807) is 6.07 Å². The van der Waals surface area contributed by atoms with Crippen molar-refractivity contribution in [3.8, 4) is 0 Å². The summed E-state index contributed by atoms with van der Waals surface area (Å²) in [6, 6.07) is 21.1. The summed E-state index contributed by atoms with van der Waals surface area (Å²) in [4.78, 5) is 19.1. The van der Waals surface area contributed by atoms with E-state index in [4.69, 9.17) is 0 Å². The zero-order valence-corrected chi connectivity index (χ0v) is 12.5. The van der Waals surface area contributed by atoms with Crippen LogP contribution in [0.4, 0.5) is 0 Å². The summed E-state index contributed by atoms with van der Waals surface area (Å²) >= 11 is 0. The molecule has 4 rings (SSSR count). The first-order chi connectivity index (χ1) is 10.5. The van der Waals surface area contributed by atoms with Crippen molar-refractivity contribution in [2.45, 2.75) is 0 Å². The van der Waals surface area contributed by atoms with Gasteiger partial charge in [-0.25, -0.2) is 0 Å². The molecule has 108 valence electrons. The van der Waals surface area contributed by atoms with Crippen LogP contribution in [0.2, 0.25) is 0 Å². The third-order valence-electron chi connectivity index (χ3n) is 3.99. The van der Waals surface area contributed by atoms with Crippen LogP contribution in [0, 0.1) is 0 Å². The molecule has 0 aliphatic rings. The van der Waals surface area contributed by atoms with E-state index in [1.807, 2.05) is 36.4 Å². The minimum atomic E-state index is -4.29. The minimum absolute atomic E-state index is 0.0834. The maximum atomic E-state index is 11.7. The van der Waals surface area contributed by atoms with Gasteiger partial charge >= 0.3 is 7.60 Å². The molecule has 3 nitrogen and oxygen atoms in total. The van der Waals surface area contributed by atoms with Gasteiger partial charge in [-0.05, 0) is 62.6 Å². The van der Waals surface area contributed by atoms with Crippen molar-refractivity contribution in [3.63, 3.8) is 0 Å². The molecule has 0 atom stereocenters. The summed E-state index contributed by atoms with van der Waals surface area (Å²) in [5, 5.41) is 5.84. The van der Waals surface area contributed by atoms with E-state index in [9.17, 15) is 14.4 Å². The van der Waals surface area contributed by atoms with Crippen molar-refractivity contribution in [1.82, 2.24) is 0 Å². The summed E-state index contributed by atoms with van der Waals surface area (Å²) in [6.07, 6.45) is 0. The molecule has 0 amide bonds. The van der Waals surface area contributed by atoms with Crippen LogP contribution in [0.5, 0.6) is 0 Å². The Morgan fingerprint density at radius 3 is 1.82 bits per heavy atom. The Kier molecular flexibility index (Phi) is 2.85. The molecule has 0 aromatic heterocycles. The van der Waals surface area contributed by atoms with Gasteiger partial charge in [0, 0.05) is 0 Å². The topological polar surface area (TPSA) is 57.5 Å². The zero-order valence-electron chi connectivity index (χ0n) is 11.6. The molecule has 0 aliphatic carbocycles. The van der Waals surface area contributed by atoms with Gasteiger partial charge in [0.1, 0.15) is 0 Å². The molecule has 0 saturated carbocycles. The first kappa shape index (κ1) is 13.5. The fourth-order valence-electron chi connectivity index (χ4n) is 2.96. The van der Waals surface area contributed by atoms with E-state index in [0.717, 1.165) is 26.9 Å². The second kappa shape index (κ2) is 4.65. The van der Waals surface area contributed by atoms with E-state index in [2.05, 4.69) is 18.2 Å². The largest absolute Gasteiger partial charge is 0.356 e. The molecule has 0 saturated heterocycles. The lowest BCUT2D eigenvalue weighted by atomic mass is 10.00. The van der Waals surface area contributed by atoms with Gasteiger partial charge in [-0.15, -0.1) is 0 Å². The molecule has 4 heteroatoms. The Hall–Kier alpha value is -2.19. The monoisotopic (exact) mass is 308 g/mol. The molecule has 4 aromatic rings. The van der Waals surface area contributed by atoms with Crippen LogP contribution in [-0.2, 0) is 4.57 Å². The lowest BCUT2D eigenvalue weighted by Gasteiger charge is -2.10. The molecular formula is C18H13O3P. The van der Waals surface area contributed by atoms with Crippen LogP contribution in [0.3, 0.4) is 0 Å². The third-order valence-corrected chi connectivity index (χ3v) is 5.01. The van der Waals surface area contributed by atoms with Crippen LogP contribution in [-0.4, -0.2) is 9.79 Å². The van der Waals surface area contributed by atoms with Crippen molar-refractivity contribution in [1.29, 1.82) is 0 Å². The fourth-order valence-corrected chi connectivity index (χ4v) is 3.74. The van der Waals surface area contributed by atoms with Crippen molar-refractivity contribution in [2.75, 3.05) is 0 Å². The predicted molar refractivity (Wildman–Crippen MR) is 90.6 cm³/mol. The van der Waals surface area contributed by atoms with E-state index >= 15 is 0 Å². The Balaban J connectivity index is 2.15. The smallest absolute Gasteiger partial charge is 0.321 e. The summed E-state index contributed by atoms with van der Waals surface area (Å²) in [7, 11) is -4.29. The van der Waals surface area contributed by atoms with Crippen molar-refractivity contribution < 1.29 is 14.4 Å². The highest BCUT2D eigenvalue weighted by Gasteiger charge is 2.20. The number of hydrogen-bond donors (Lipinski definition) is 2. The second-order valence-corrected chi connectivity index (χ2v) is 7.01. The number of benzene rings is 4. The lowest BCUT2D eigenvalue weighted by molar-refractivity contribution is 0.388. The molecule has 0 heterocycles. The molecule has 4 aromatic carbocycles. The van der Waals surface area contributed by atoms with Crippen LogP contribution < -0.4 is 5.30 Å². The van der Waals surface area contributed by atoms with Gasteiger partial charge < -0.3 is 9.79 Å². The Morgan fingerprint density at radius 2 is 1.18 bits per heavy atom. The number of fused-ring (bicyclic) bond motifs is 3. The summed E-state index contributed by atoms with van der Waals surface area (Å²) in [5.41, 5.74) is 0. The van der Waals surface area contributed by atoms with Gasteiger partial charge in [-0.2, -0.15) is 0 Å². The molecule has 22 heavy (non-hydrogen) atoms. The molecule has 0 fully saturated rings. The zero-order chi connectivity index (χ0) is 15.3. The first-order valence-corrected chi connectivity index (χ1v) is 8.55. The highest BCUT2D eigenvalue weighted by atomic mass is 31.2. The van der Waals surface area contributed by atoms with Gasteiger partial charge in [-0.3, -0.25) is 4.57 Å². The number of hydrogen-bond acceptors (Lipinski definition) is 1. The van der Waals surface area contributed by atoms with E-state index in [0.29, 0.717) is 5.39 Å². The van der Waals surface area contributed by atoms with Crippen LogP contribution >= 0.6 is 7.60 Å². The van der Waals surface area contributed by atoms with Crippen LogP contribution in [0.25, 0.3) is 32.3 Å². The maximum absolute atomic E-state index is 11.7. The molecule has 0 aliphatic heterocycles. The molecule has 2 N–H and O–H groups in total. The van der Waals surface area contributed by atoms with Gasteiger partial charge in [0.2, 0.25) is 0 Å². The Labute approximate surface area is 127 Å². The van der Waals surface area contributed by atoms with Gasteiger partial charge in [0.15, 0.2) is 0 Å². The Bertz CT molecular complexity index is 1080. The molecule has 0 spiro atoms. The molecular weight excluding hydrogens is 295 g/mol. The average molecular weight is 308 g/mol. The summed E-state index contributed by atoms with van der Waals surface area (Å²) < 4.78 is 11.7. The average Bonchev–Trinajstić information content (AvgIpc) is 2.49. The molecule has 0 unspecified atom stereocenters. The standard InChI is InChI=1S/C18H13O3P/c19-22(20,21)18-7-3-6-14-10-15-8-12-4-1-2-5-13(12)9-16(15)11-17(14)18/h1-11H,(H2,19,20,21). The first-order valence-electron chi connectivity index (χ1n) is 6.94. The normalized spacial score (nSPS) is 12.3. The second-order valence-electron chi connectivity index (χ2n) is 5.44. The van der Waals surface area contributed by atoms with E-state index in [1.165, 1.54) is 6.07 Å². The Morgan fingerprint density at radius 1 is 0.636 bits per heavy atom. The minimum Gasteiger partial charge on any atom is -0.321 e. The summed E-state index contributed by atoms with van der Waals surface area (Å²) in [6.45, 7) is 0. The van der Waals surface area contributed by atoms with Crippen LogP contribution in [0.1, 0.15) is 0 Å². The maximum Gasteiger partial charge on any atom is 0.356 e. The van der Waals surface area contributed by atoms with Gasteiger partial charge in [-0.1, -0.05) is 36.4 Å². The highest BCUT2D eigenvalue weighted by Crippen LogP contribution is 2.37. The van der Waals surface area contributed by atoms with Gasteiger partial charge in [0.05, 0.1) is 5.30 Å². The van der Waals surface area contributed by atoms with Crippen molar-refractivity contribution in [2.24, 2.45) is 0 Å². The fraction of sp³-hybridized carbons (Fsp3) is 0. The van der Waals surface area contributed by atoms with Gasteiger partial charge in [0.25, 0.3) is 0 Å².